The van der Waals surface area contributed by atoms with Gasteiger partial charge in [0.1, 0.15) is 0 Å². The van der Waals surface area contributed by atoms with E-state index in [-0.39, 0.29) is 0 Å². The summed E-state index contributed by atoms with van der Waals surface area (Å²) in [4.78, 5) is 12.8. The molecule has 0 amide bonds. The molecule has 0 fully saturated rings. The lowest BCUT2D eigenvalue weighted by atomic mass is 9.98. The van der Waals surface area contributed by atoms with Crippen molar-refractivity contribution in [3.8, 4) is 56.2 Å². The Balaban J connectivity index is 1.10. The second-order valence-electron chi connectivity index (χ2n) is 17.0. The maximum absolute atomic E-state index is 5.23. The van der Waals surface area contributed by atoms with E-state index in [9.17, 15) is 0 Å². The Bertz CT molecular complexity index is 3050. The van der Waals surface area contributed by atoms with Crippen molar-refractivity contribution >= 4 is 35.5 Å². The molecule has 7 aromatic carbocycles. The fraction of sp³-hybridized carbons (Fsp3) is 0.0667. The molecule has 0 saturated carbocycles. The zero-order chi connectivity index (χ0) is 42.9. The SMILES string of the molecule is CC1C=CC=CC1[Si](C1=CC=CCC=C1)(c1ccccc1)c1ccc(N2c3cccc(c3)-c3cccc(c3)-c3cc(-c4ccccc4)nc(n3)-c3cccc(c3)-c3cccc2c3)cc1. The van der Waals surface area contributed by atoms with Crippen molar-refractivity contribution in [2.75, 3.05) is 4.90 Å². The number of benzene rings is 7. The monoisotopic (exact) mass is 837 g/mol. The van der Waals surface area contributed by atoms with Crippen LogP contribution >= 0.6 is 0 Å². The van der Waals surface area contributed by atoms with Gasteiger partial charge in [-0.2, -0.15) is 0 Å². The highest BCUT2D eigenvalue weighted by Crippen LogP contribution is 2.43. The number of fused-ring (bicyclic) bond motifs is 14. The van der Waals surface area contributed by atoms with Crippen LogP contribution in [-0.2, 0) is 0 Å². The molecule has 11 rings (SSSR count). The van der Waals surface area contributed by atoms with Crippen LogP contribution in [0.25, 0.3) is 56.2 Å². The molecule has 3 atom stereocenters. The van der Waals surface area contributed by atoms with Crippen molar-refractivity contribution in [2.45, 2.75) is 18.9 Å². The summed E-state index contributed by atoms with van der Waals surface area (Å²) in [5.41, 5.74) is 12.9. The molecule has 3 nitrogen and oxygen atoms in total. The summed E-state index contributed by atoms with van der Waals surface area (Å²) in [7, 11) is -2.66. The first-order valence-electron chi connectivity index (χ1n) is 22.3. The molecule has 0 spiro atoms. The van der Waals surface area contributed by atoms with E-state index in [1.807, 2.05) is 6.07 Å². The van der Waals surface area contributed by atoms with Gasteiger partial charge in [0.25, 0.3) is 0 Å². The number of nitrogens with zero attached hydrogens (tertiary/aromatic N) is 3. The fourth-order valence-corrected chi connectivity index (χ4v) is 15.6. The lowest BCUT2D eigenvalue weighted by Gasteiger charge is -2.43. The average Bonchev–Trinajstić information content (AvgIpc) is 3.66. The molecular formula is C60H47N3Si. The summed E-state index contributed by atoms with van der Waals surface area (Å²) in [6.07, 6.45) is 22.0. The zero-order valence-electron chi connectivity index (χ0n) is 35.8. The quantitative estimate of drug-likeness (QED) is 0.156. The topological polar surface area (TPSA) is 29.0 Å². The van der Waals surface area contributed by atoms with Crippen molar-refractivity contribution < 1.29 is 0 Å². The van der Waals surface area contributed by atoms with Gasteiger partial charge in [0, 0.05) is 33.8 Å². The van der Waals surface area contributed by atoms with Crippen LogP contribution in [0.15, 0.2) is 248 Å². The van der Waals surface area contributed by atoms with Crippen molar-refractivity contribution in [1.29, 1.82) is 0 Å². The van der Waals surface area contributed by atoms with Gasteiger partial charge in [-0.1, -0.05) is 195 Å². The molecule has 3 aliphatic rings. The summed E-state index contributed by atoms with van der Waals surface area (Å²) >= 11 is 0. The van der Waals surface area contributed by atoms with Crippen LogP contribution in [0.5, 0.6) is 0 Å². The second-order valence-corrected chi connectivity index (χ2v) is 21.0. The Morgan fingerprint density at radius 2 is 1.00 bits per heavy atom. The zero-order valence-corrected chi connectivity index (χ0v) is 36.8. The molecule has 64 heavy (non-hydrogen) atoms. The minimum Gasteiger partial charge on any atom is -0.310 e. The maximum atomic E-state index is 5.23. The predicted octanol–water partition coefficient (Wildman–Crippen LogP) is 14.3. The van der Waals surface area contributed by atoms with Gasteiger partial charge < -0.3 is 4.90 Å². The third-order valence-electron chi connectivity index (χ3n) is 13.1. The summed E-state index contributed by atoms with van der Waals surface area (Å²) in [5, 5.41) is 4.25. The third-order valence-corrected chi connectivity index (χ3v) is 18.6. The van der Waals surface area contributed by atoms with Crippen molar-refractivity contribution in [1.82, 2.24) is 9.97 Å². The van der Waals surface area contributed by atoms with Crippen LogP contribution in [0, 0.1) is 5.92 Å². The molecule has 3 unspecified atom stereocenters. The molecule has 10 bridgehead atoms. The van der Waals surface area contributed by atoms with Crippen molar-refractivity contribution in [2.24, 2.45) is 5.92 Å². The van der Waals surface area contributed by atoms with E-state index in [1.54, 1.807) is 0 Å². The number of allylic oxidation sites excluding steroid dienone is 10. The maximum Gasteiger partial charge on any atom is 0.160 e. The fourth-order valence-electron chi connectivity index (χ4n) is 10.0. The highest BCUT2D eigenvalue weighted by molar-refractivity contribution is 7.09. The summed E-state index contributed by atoms with van der Waals surface area (Å²) in [6.45, 7) is 2.39. The van der Waals surface area contributed by atoms with Crippen LogP contribution < -0.4 is 15.3 Å². The van der Waals surface area contributed by atoms with E-state index in [1.165, 1.54) is 15.6 Å². The molecule has 8 aromatic rings. The van der Waals surface area contributed by atoms with Gasteiger partial charge in [-0.3, -0.25) is 0 Å². The van der Waals surface area contributed by atoms with E-state index < -0.39 is 8.07 Å². The Kier molecular flexibility index (Phi) is 10.3. The molecule has 0 N–H and O–H groups in total. The first-order chi connectivity index (χ1) is 31.6. The number of hydrogen-bond donors (Lipinski definition) is 0. The molecular weight excluding hydrogens is 791 g/mol. The van der Waals surface area contributed by atoms with E-state index in [4.69, 9.17) is 9.97 Å². The standard InChI is InChI=1S/C60H47N3Si/c1-43-18-12-13-33-59(43)64(55-31-10-5-11-32-55,54-29-8-2-3-9-30-54)56-36-34-51(35-37-56)63-52-27-16-23-47(40-52)45-21-14-25-49(38-45)58-42-57(44-19-6-4-7-20-44)61-60(62-58)50-26-15-22-46(39-50)48-24-17-28-53(63)41-48/h2,4-43,59H,3H2,1H3. The molecule has 2 heterocycles. The van der Waals surface area contributed by atoms with Crippen LogP contribution in [-0.4, -0.2) is 18.0 Å². The van der Waals surface area contributed by atoms with Crippen LogP contribution in [0.3, 0.4) is 0 Å². The van der Waals surface area contributed by atoms with Crippen LogP contribution in [0.4, 0.5) is 17.1 Å². The Hall–Kier alpha value is -7.66. The highest BCUT2D eigenvalue weighted by atomic mass is 28.3. The summed E-state index contributed by atoms with van der Waals surface area (Å²) < 4.78 is 0. The first kappa shape index (κ1) is 39.2. The minimum atomic E-state index is -2.66. The number of anilines is 3. The molecule has 1 aliphatic heterocycles. The van der Waals surface area contributed by atoms with Crippen LogP contribution in [0.2, 0.25) is 5.54 Å². The lowest BCUT2D eigenvalue weighted by molar-refractivity contribution is 0.719. The average molecular weight is 838 g/mol. The molecule has 1 aromatic heterocycles. The van der Waals surface area contributed by atoms with Gasteiger partial charge in [0.2, 0.25) is 0 Å². The lowest BCUT2D eigenvalue weighted by Crippen LogP contribution is -2.64. The Labute approximate surface area is 377 Å². The van der Waals surface area contributed by atoms with Gasteiger partial charge in [-0.15, -0.1) is 0 Å². The first-order valence-corrected chi connectivity index (χ1v) is 24.4. The van der Waals surface area contributed by atoms with E-state index in [0.717, 1.165) is 73.8 Å². The van der Waals surface area contributed by atoms with Crippen molar-refractivity contribution in [3.05, 3.63) is 248 Å². The molecule has 0 radical (unpaired) electrons. The molecule has 4 heteroatoms. The van der Waals surface area contributed by atoms with E-state index in [0.29, 0.717) is 17.3 Å². The van der Waals surface area contributed by atoms with Crippen LogP contribution in [0.1, 0.15) is 13.3 Å². The van der Waals surface area contributed by atoms with Gasteiger partial charge in [-0.05, 0) is 110 Å². The van der Waals surface area contributed by atoms with Crippen molar-refractivity contribution in [3.63, 3.8) is 0 Å². The van der Waals surface area contributed by atoms with Gasteiger partial charge in [0.15, 0.2) is 13.9 Å². The van der Waals surface area contributed by atoms with Gasteiger partial charge in [0.05, 0.1) is 11.4 Å². The number of aromatic nitrogens is 2. The largest absolute Gasteiger partial charge is 0.310 e. The van der Waals surface area contributed by atoms with E-state index in [2.05, 4.69) is 248 Å². The molecule has 0 saturated heterocycles. The summed E-state index contributed by atoms with van der Waals surface area (Å²) in [5.74, 6) is 1.07. The Morgan fingerprint density at radius 1 is 0.453 bits per heavy atom. The Morgan fingerprint density at radius 3 is 1.69 bits per heavy atom. The van der Waals surface area contributed by atoms with E-state index >= 15 is 0 Å². The molecule has 306 valence electrons. The number of hydrogen-bond acceptors (Lipinski definition) is 3. The predicted molar refractivity (Wildman–Crippen MR) is 271 cm³/mol. The summed E-state index contributed by atoms with van der Waals surface area (Å²) in [6, 6.07) is 68.7. The smallest absolute Gasteiger partial charge is 0.160 e. The van der Waals surface area contributed by atoms with Gasteiger partial charge >= 0.3 is 0 Å². The van der Waals surface area contributed by atoms with Gasteiger partial charge in [-0.25, -0.2) is 9.97 Å². The number of rotatable bonds is 6. The molecule has 2 aliphatic carbocycles. The highest BCUT2D eigenvalue weighted by Gasteiger charge is 2.48. The minimum absolute atomic E-state index is 0.327. The second kappa shape index (κ2) is 16.9. The normalized spacial score (nSPS) is 17.0. The third kappa shape index (κ3) is 7.22.